The van der Waals surface area contributed by atoms with E-state index in [1.807, 2.05) is 36.6 Å². The molecule has 1 aromatic heterocycles. The van der Waals surface area contributed by atoms with Gasteiger partial charge in [0, 0.05) is 22.7 Å². The highest BCUT2D eigenvalue weighted by molar-refractivity contribution is 7.09. The van der Waals surface area contributed by atoms with Crippen LogP contribution in [0, 0.1) is 18.6 Å². The van der Waals surface area contributed by atoms with Gasteiger partial charge in [0.25, 0.3) is 0 Å². The van der Waals surface area contributed by atoms with E-state index in [0.717, 1.165) is 40.2 Å². The minimum absolute atomic E-state index is 0.183. The number of carbonyl (C=O) groups is 1. The van der Waals surface area contributed by atoms with Crippen molar-refractivity contribution in [1.82, 2.24) is 4.98 Å². The largest absolute Gasteiger partial charge is 0.374 e. The fourth-order valence-electron chi connectivity index (χ4n) is 2.38. The highest BCUT2D eigenvalue weighted by Gasteiger charge is 2.15. The normalized spacial score (nSPS) is 11.8. The van der Waals surface area contributed by atoms with Gasteiger partial charge in [0.2, 0.25) is 5.91 Å². The molecule has 0 aliphatic carbocycles. The molecule has 0 spiro atoms. The number of benzene rings is 2. The number of aromatic nitrogens is 1. The van der Waals surface area contributed by atoms with Gasteiger partial charge in [-0.15, -0.1) is 11.3 Å². The van der Waals surface area contributed by atoms with E-state index in [1.165, 1.54) is 0 Å². The van der Waals surface area contributed by atoms with Crippen molar-refractivity contribution in [2.45, 2.75) is 19.9 Å². The molecule has 7 heteroatoms. The van der Waals surface area contributed by atoms with Crippen molar-refractivity contribution in [3.8, 4) is 11.3 Å². The standard InChI is InChI=1S/C19H17F2N3OS/c1-11(19(25)24-17-9-14(20)5-8-16(17)21)22-15-6-3-13(4-7-15)18-10-26-12(2)23-18/h3-11,22H,1-2H3,(H,24,25)/t11-/m1/s1. The number of anilines is 2. The molecule has 0 aliphatic rings. The SMILES string of the molecule is Cc1nc(-c2ccc(N[C@H](C)C(=O)Nc3cc(F)ccc3F)cc2)cs1. The lowest BCUT2D eigenvalue weighted by Crippen LogP contribution is -2.32. The van der Waals surface area contributed by atoms with Gasteiger partial charge in [-0.05, 0) is 38.1 Å². The van der Waals surface area contributed by atoms with Gasteiger partial charge in [0.05, 0.1) is 16.4 Å². The fourth-order valence-corrected chi connectivity index (χ4v) is 3.01. The zero-order valence-corrected chi connectivity index (χ0v) is 15.0. The maximum Gasteiger partial charge on any atom is 0.246 e. The first-order valence-electron chi connectivity index (χ1n) is 7.97. The van der Waals surface area contributed by atoms with Gasteiger partial charge in [-0.3, -0.25) is 4.79 Å². The number of hydrogen-bond donors (Lipinski definition) is 2. The topological polar surface area (TPSA) is 54.0 Å². The van der Waals surface area contributed by atoms with Crippen molar-refractivity contribution in [2.75, 3.05) is 10.6 Å². The molecule has 1 amide bonds. The monoisotopic (exact) mass is 373 g/mol. The van der Waals surface area contributed by atoms with Crippen LogP contribution in [-0.2, 0) is 4.79 Å². The Bertz CT molecular complexity index is 925. The molecular weight excluding hydrogens is 356 g/mol. The number of carbonyl (C=O) groups excluding carboxylic acids is 1. The molecular formula is C19H17F2N3OS. The molecule has 26 heavy (non-hydrogen) atoms. The number of aryl methyl sites for hydroxylation is 1. The first kappa shape index (κ1) is 18.0. The van der Waals surface area contributed by atoms with E-state index in [2.05, 4.69) is 15.6 Å². The third-order valence-electron chi connectivity index (χ3n) is 3.76. The van der Waals surface area contributed by atoms with E-state index in [1.54, 1.807) is 18.3 Å². The molecule has 134 valence electrons. The van der Waals surface area contributed by atoms with E-state index in [0.29, 0.717) is 0 Å². The highest BCUT2D eigenvalue weighted by atomic mass is 32.1. The lowest BCUT2D eigenvalue weighted by atomic mass is 10.1. The summed E-state index contributed by atoms with van der Waals surface area (Å²) in [5, 5.41) is 8.40. The Balaban J connectivity index is 1.64. The molecule has 0 radical (unpaired) electrons. The van der Waals surface area contributed by atoms with Gasteiger partial charge >= 0.3 is 0 Å². The van der Waals surface area contributed by atoms with Gasteiger partial charge in [-0.2, -0.15) is 0 Å². The first-order chi connectivity index (χ1) is 12.4. The molecule has 0 saturated heterocycles. The zero-order chi connectivity index (χ0) is 18.7. The van der Waals surface area contributed by atoms with Gasteiger partial charge in [-0.1, -0.05) is 12.1 Å². The Kier molecular flexibility index (Phi) is 5.27. The number of rotatable bonds is 5. The third-order valence-corrected chi connectivity index (χ3v) is 4.54. The summed E-state index contributed by atoms with van der Waals surface area (Å²) in [6.45, 7) is 3.59. The zero-order valence-electron chi connectivity index (χ0n) is 14.2. The summed E-state index contributed by atoms with van der Waals surface area (Å²) in [4.78, 5) is 16.6. The molecule has 0 saturated carbocycles. The van der Waals surface area contributed by atoms with Crippen molar-refractivity contribution in [1.29, 1.82) is 0 Å². The van der Waals surface area contributed by atoms with Gasteiger partial charge < -0.3 is 10.6 Å². The molecule has 1 heterocycles. The summed E-state index contributed by atoms with van der Waals surface area (Å²) in [6, 6.07) is 9.80. The second kappa shape index (κ2) is 7.61. The summed E-state index contributed by atoms with van der Waals surface area (Å²) in [5.41, 5.74) is 2.45. The maximum absolute atomic E-state index is 13.6. The first-order valence-corrected chi connectivity index (χ1v) is 8.85. The second-order valence-corrected chi connectivity index (χ2v) is 6.87. The Labute approximate surface area is 153 Å². The summed E-state index contributed by atoms with van der Waals surface area (Å²) in [5.74, 6) is -1.77. The smallest absolute Gasteiger partial charge is 0.246 e. The summed E-state index contributed by atoms with van der Waals surface area (Å²) < 4.78 is 26.8. The molecule has 3 aromatic rings. The van der Waals surface area contributed by atoms with Crippen LogP contribution in [0.3, 0.4) is 0 Å². The van der Waals surface area contributed by atoms with Gasteiger partial charge in [-0.25, -0.2) is 13.8 Å². The maximum atomic E-state index is 13.6. The predicted octanol–water partition coefficient (Wildman–Crippen LogP) is 4.84. The number of amides is 1. The average Bonchev–Trinajstić information content (AvgIpc) is 3.05. The van der Waals surface area contributed by atoms with E-state index in [9.17, 15) is 13.6 Å². The quantitative estimate of drug-likeness (QED) is 0.673. The number of hydrogen-bond acceptors (Lipinski definition) is 4. The molecule has 4 nitrogen and oxygen atoms in total. The lowest BCUT2D eigenvalue weighted by molar-refractivity contribution is -0.116. The lowest BCUT2D eigenvalue weighted by Gasteiger charge is -2.16. The van der Waals surface area contributed by atoms with E-state index < -0.39 is 23.6 Å². The van der Waals surface area contributed by atoms with Crippen LogP contribution in [-0.4, -0.2) is 16.9 Å². The van der Waals surface area contributed by atoms with Crippen LogP contribution < -0.4 is 10.6 Å². The van der Waals surface area contributed by atoms with Crippen LogP contribution in [0.25, 0.3) is 11.3 Å². The molecule has 0 fully saturated rings. The molecule has 3 rings (SSSR count). The van der Waals surface area contributed by atoms with Gasteiger partial charge in [0.15, 0.2) is 0 Å². The molecule has 0 aliphatic heterocycles. The third kappa shape index (κ3) is 4.23. The predicted molar refractivity (Wildman–Crippen MR) is 100 cm³/mol. The van der Waals surface area contributed by atoms with Crippen molar-refractivity contribution >= 4 is 28.6 Å². The number of thiazole rings is 1. The number of halogens is 2. The summed E-state index contributed by atoms with van der Waals surface area (Å²) >= 11 is 1.58. The van der Waals surface area contributed by atoms with E-state index >= 15 is 0 Å². The van der Waals surface area contributed by atoms with Crippen molar-refractivity contribution < 1.29 is 13.6 Å². The average molecular weight is 373 g/mol. The molecule has 0 unspecified atom stereocenters. The molecule has 2 N–H and O–H groups in total. The minimum atomic E-state index is -0.685. The minimum Gasteiger partial charge on any atom is -0.374 e. The Hall–Kier alpha value is -2.80. The van der Waals surface area contributed by atoms with Gasteiger partial charge in [0.1, 0.15) is 17.7 Å². The highest BCUT2D eigenvalue weighted by Crippen LogP contribution is 2.23. The molecule has 0 bridgehead atoms. The van der Waals surface area contributed by atoms with E-state index in [-0.39, 0.29) is 5.69 Å². The van der Waals surface area contributed by atoms with Crippen LogP contribution in [0.1, 0.15) is 11.9 Å². The Morgan fingerprint density at radius 3 is 2.54 bits per heavy atom. The molecule has 1 atom stereocenters. The summed E-state index contributed by atoms with van der Waals surface area (Å²) in [6.07, 6.45) is 0. The van der Waals surface area contributed by atoms with Crippen LogP contribution in [0.4, 0.5) is 20.2 Å². The summed E-state index contributed by atoms with van der Waals surface area (Å²) in [7, 11) is 0. The van der Waals surface area contributed by atoms with Crippen LogP contribution in [0.5, 0.6) is 0 Å². The van der Waals surface area contributed by atoms with Crippen LogP contribution >= 0.6 is 11.3 Å². The fraction of sp³-hybridized carbons (Fsp3) is 0.158. The molecule has 2 aromatic carbocycles. The Morgan fingerprint density at radius 2 is 1.88 bits per heavy atom. The second-order valence-electron chi connectivity index (χ2n) is 5.81. The van der Waals surface area contributed by atoms with Crippen LogP contribution in [0.15, 0.2) is 47.8 Å². The number of nitrogens with one attached hydrogen (secondary N) is 2. The van der Waals surface area contributed by atoms with E-state index in [4.69, 9.17) is 0 Å². The number of nitrogens with zero attached hydrogens (tertiary/aromatic N) is 1. The van der Waals surface area contributed by atoms with Crippen molar-refractivity contribution in [3.63, 3.8) is 0 Å². The van der Waals surface area contributed by atoms with Crippen LogP contribution in [0.2, 0.25) is 0 Å². The Morgan fingerprint density at radius 1 is 1.15 bits per heavy atom. The van der Waals surface area contributed by atoms with Crippen molar-refractivity contribution in [3.05, 3.63) is 64.5 Å². The van der Waals surface area contributed by atoms with Crippen molar-refractivity contribution in [2.24, 2.45) is 0 Å².